The number of nitrogens with one attached hydrogen (secondary N) is 1. The molecular weight excluding hydrogens is 272 g/mol. The molecule has 1 aromatic carbocycles. The standard InChI is InChI=1S/C13H17F2NO2S/c1-9(12-5-4-10(14)7-13(12)15)16-11-3-2-6-19(17,18)8-11/h4-5,7,9,11,16H,2-3,6,8H2,1H3. The lowest BCUT2D eigenvalue weighted by atomic mass is 10.1. The van der Waals surface area contributed by atoms with E-state index in [0.717, 1.165) is 12.5 Å². The third-order valence-corrected chi connectivity index (χ3v) is 5.20. The van der Waals surface area contributed by atoms with Crippen LogP contribution >= 0.6 is 0 Å². The Labute approximate surface area is 111 Å². The first kappa shape index (κ1) is 14.4. The van der Waals surface area contributed by atoms with E-state index < -0.39 is 21.5 Å². The largest absolute Gasteiger partial charge is 0.306 e. The second kappa shape index (κ2) is 5.54. The van der Waals surface area contributed by atoms with Crippen molar-refractivity contribution in [2.45, 2.75) is 31.8 Å². The van der Waals surface area contributed by atoms with Crippen LogP contribution in [0.2, 0.25) is 0 Å². The van der Waals surface area contributed by atoms with Crippen molar-refractivity contribution in [3.05, 3.63) is 35.4 Å². The van der Waals surface area contributed by atoms with Crippen molar-refractivity contribution in [3.8, 4) is 0 Å². The molecule has 0 spiro atoms. The Morgan fingerprint density at radius 3 is 2.74 bits per heavy atom. The molecule has 106 valence electrons. The fraction of sp³-hybridized carbons (Fsp3) is 0.538. The first-order chi connectivity index (χ1) is 8.87. The van der Waals surface area contributed by atoms with E-state index in [9.17, 15) is 17.2 Å². The summed E-state index contributed by atoms with van der Waals surface area (Å²) in [7, 11) is -2.99. The van der Waals surface area contributed by atoms with E-state index in [0.29, 0.717) is 12.0 Å². The molecule has 1 aromatic rings. The van der Waals surface area contributed by atoms with E-state index in [-0.39, 0.29) is 23.6 Å². The summed E-state index contributed by atoms with van der Waals surface area (Å²) in [6.45, 7) is 1.75. The van der Waals surface area contributed by atoms with E-state index >= 15 is 0 Å². The lowest BCUT2D eigenvalue weighted by Crippen LogP contribution is -2.41. The number of benzene rings is 1. The van der Waals surface area contributed by atoms with E-state index in [2.05, 4.69) is 5.32 Å². The van der Waals surface area contributed by atoms with E-state index in [1.807, 2.05) is 0 Å². The minimum absolute atomic E-state index is 0.0835. The second-order valence-electron chi connectivity index (χ2n) is 5.01. The van der Waals surface area contributed by atoms with Gasteiger partial charge in [-0.05, 0) is 25.8 Å². The topological polar surface area (TPSA) is 46.2 Å². The van der Waals surface area contributed by atoms with Gasteiger partial charge < -0.3 is 5.32 Å². The highest BCUT2D eigenvalue weighted by Crippen LogP contribution is 2.21. The fourth-order valence-electron chi connectivity index (χ4n) is 2.45. The van der Waals surface area contributed by atoms with Crippen LogP contribution in [0.1, 0.15) is 31.4 Å². The number of rotatable bonds is 3. The molecule has 2 unspecified atom stereocenters. The predicted octanol–water partition coefficient (Wildman–Crippen LogP) is 2.19. The molecule has 2 atom stereocenters. The summed E-state index contributed by atoms with van der Waals surface area (Å²) in [4.78, 5) is 0. The molecule has 0 saturated carbocycles. The van der Waals surface area contributed by atoms with Gasteiger partial charge in [-0.3, -0.25) is 0 Å². The van der Waals surface area contributed by atoms with Crippen molar-refractivity contribution in [1.82, 2.24) is 5.32 Å². The summed E-state index contributed by atoms with van der Waals surface area (Å²) in [6.07, 6.45) is 1.38. The molecule has 2 rings (SSSR count). The van der Waals surface area contributed by atoms with Gasteiger partial charge in [0.15, 0.2) is 9.84 Å². The SMILES string of the molecule is CC(NC1CCCS(=O)(=O)C1)c1ccc(F)cc1F. The Kier molecular flexibility index (Phi) is 4.20. The minimum Gasteiger partial charge on any atom is -0.306 e. The van der Waals surface area contributed by atoms with Gasteiger partial charge in [0, 0.05) is 23.7 Å². The Balaban J connectivity index is 2.06. The highest BCUT2D eigenvalue weighted by molar-refractivity contribution is 7.91. The summed E-state index contributed by atoms with van der Waals surface area (Å²) < 4.78 is 49.5. The number of hydrogen-bond donors (Lipinski definition) is 1. The normalized spacial score (nSPS) is 24.1. The van der Waals surface area contributed by atoms with Crippen molar-refractivity contribution in [1.29, 1.82) is 0 Å². The van der Waals surface area contributed by atoms with Crippen LogP contribution in [-0.4, -0.2) is 26.0 Å². The van der Waals surface area contributed by atoms with E-state index in [4.69, 9.17) is 0 Å². The summed E-state index contributed by atoms with van der Waals surface area (Å²) in [6, 6.07) is 2.91. The highest BCUT2D eigenvalue weighted by atomic mass is 32.2. The smallest absolute Gasteiger partial charge is 0.151 e. The van der Waals surface area contributed by atoms with Crippen molar-refractivity contribution < 1.29 is 17.2 Å². The molecule has 1 saturated heterocycles. The molecule has 0 aliphatic carbocycles. The lowest BCUT2D eigenvalue weighted by Gasteiger charge is -2.27. The molecule has 1 aliphatic heterocycles. The zero-order valence-corrected chi connectivity index (χ0v) is 11.5. The van der Waals surface area contributed by atoms with Gasteiger partial charge in [-0.2, -0.15) is 0 Å². The van der Waals surface area contributed by atoms with Crippen molar-refractivity contribution in [2.24, 2.45) is 0 Å². The Bertz CT molecular complexity index is 560. The number of halogens is 2. The van der Waals surface area contributed by atoms with Crippen LogP contribution in [0.5, 0.6) is 0 Å². The quantitative estimate of drug-likeness (QED) is 0.928. The minimum atomic E-state index is -2.99. The van der Waals surface area contributed by atoms with Crippen molar-refractivity contribution in [3.63, 3.8) is 0 Å². The van der Waals surface area contributed by atoms with Gasteiger partial charge in [0.25, 0.3) is 0 Å². The van der Waals surface area contributed by atoms with Gasteiger partial charge in [0.05, 0.1) is 11.5 Å². The number of hydrogen-bond acceptors (Lipinski definition) is 3. The maximum Gasteiger partial charge on any atom is 0.151 e. The van der Waals surface area contributed by atoms with Crippen LogP contribution in [0.4, 0.5) is 8.78 Å². The Morgan fingerprint density at radius 1 is 1.37 bits per heavy atom. The molecule has 1 aliphatic rings. The second-order valence-corrected chi connectivity index (χ2v) is 7.24. The Morgan fingerprint density at radius 2 is 2.11 bits per heavy atom. The molecule has 1 N–H and O–H groups in total. The molecule has 19 heavy (non-hydrogen) atoms. The van der Waals surface area contributed by atoms with Gasteiger partial charge >= 0.3 is 0 Å². The third-order valence-electron chi connectivity index (χ3n) is 3.38. The van der Waals surface area contributed by atoms with Gasteiger partial charge in [-0.1, -0.05) is 6.07 Å². The zero-order valence-electron chi connectivity index (χ0n) is 10.7. The van der Waals surface area contributed by atoms with E-state index in [1.54, 1.807) is 6.92 Å². The molecule has 1 fully saturated rings. The molecular formula is C13H17F2NO2S. The van der Waals surface area contributed by atoms with E-state index in [1.165, 1.54) is 12.1 Å². The predicted molar refractivity (Wildman–Crippen MR) is 69.6 cm³/mol. The van der Waals surface area contributed by atoms with Crippen LogP contribution in [-0.2, 0) is 9.84 Å². The average molecular weight is 289 g/mol. The summed E-state index contributed by atoms with van der Waals surface area (Å²) in [5.74, 6) is -0.919. The molecule has 0 aromatic heterocycles. The molecule has 0 radical (unpaired) electrons. The molecule has 0 amide bonds. The van der Waals surface area contributed by atoms with Crippen molar-refractivity contribution in [2.75, 3.05) is 11.5 Å². The fourth-order valence-corrected chi connectivity index (χ4v) is 4.10. The summed E-state index contributed by atoms with van der Waals surface area (Å²) in [5, 5.41) is 3.11. The maximum atomic E-state index is 13.6. The maximum absolute atomic E-state index is 13.6. The van der Waals surface area contributed by atoms with Gasteiger partial charge in [0.2, 0.25) is 0 Å². The zero-order chi connectivity index (χ0) is 14.0. The van der Waals surface area contributed by atoms with Crippen LogP contribution in [0, 0.1) is 11.6 Å². The average Bonchev–Trinajstić information content (AvgIpc) is 2.27. The Hall–Kier alpha value is -1.01. The number of sulfone groups is 1. The van der Waals surface area contributed by atoms with Crippen LogP contribution in [0.15, 0.2) is 18.2 Å². The van der Waals surface area contributed by atoms with Gasteiger partial charge in [-0.15, -0.1) is 0 Å². The van der Waals surface area contributed by atoms with Gasteiger partial charge in [-0.25, -0.2) is 17.2 Å². The molecule has 1 heterocycles. The molecule has 0 bridgehead atoms. The van der Waals surface area contributed by atoms with Crippen LogP contribution in [0.25, 0.3) is 0 Å². The van der Waals surface area contributed by atoms with Crippen LogP contribution in [0.3, 0.4) is 0 Å². The molecule has 3 nitrogen and oxygen atoms in total. The first-order valence-corrected chi connectivity index (χ1v) is 8.11. The lowest BCUT2D eigenvalue weighted by molar-refractivity contribution is 0.427. The first-order valence-electron chi connectivity index (χ1n) is 6.29. The third kappa shape index (κ3) is 3.73. The van der Waals surface area contributed by atoms with Crippen LogP contribution < -0.4 is 5.32 Å². The van der Waals surface area contributed by atoms with Crippen molar-refractivity contribution >= 4 is 9.84 Å². The monoisotopic (exact) mass is 289 g/mol. The highest BCUT2D eigenvalue weighted by Gasteiger charge is 2.26. The molecule has 6 heteroatoms. The van der Waals surface area contributed by atoms with Gasteiger partial charge in [0.1, 0.15) is 11.6 Å². The summed E-state index contributed by atoms with van der Waals surface area (Å²) in [5.41, 5.74) is 0.351. The summed E-state index contributed by atoms with van der Waals surface area (Å²) >= 11 is 0.